The predicted octanol–water partition coefficient (Wildman–Crippen LogP) is 2.29. The average molecular weight is 330 g/mol. The first-order chi connectivity index (χ1) is 11.4. The van der Waals surface area contributed by atoms with E-state index in [1.54, 1.807) is 18.7 Å². The number of hydrogen-bond acceptors (Lipinski definition) is 4. The molecule has 1 aromatic heterocycles. The van der Waals surface area contributed by atoms with Crippen LogP contribution in [-0.4, -0.2) is 27.8 Å². The van der Waals surface area contributed by atoms with Crippen molar-refractivity contribution in [2.24, 2.45) is 7.05 Å². The van der Waals surface area contributed by atoms with Crippen molar-refractivity contribution in [3.63, 3.8) is 0 Å². The molecule has 2 rings (SSSR count). The lowest BCUT2D eigenvalue weighted by atomic mass is 10.2. The van der Waals surface area contributed by atoms with Crippen LogP contribution in [0.15, 0.2) is 30.3 Å². The van der Waals surface area contributed by atoms with Crippen LogP contribution in [0.4, 0.5) is 10.5 Å². The van der Waals surface area contributed by atoms with Gasteiger partial charge in [-0.15, -0.1) is 0 Å². The number of ether oxygens (including phenoxy) is 1. The maximum atomic E-state index is 12.2. The standard InChI is InChI=1S/C17H22N4O3/c1-11-15(13(3)21(4)20-11)19-16(22)12(2)18-17(23)24-10-14-8-6-5-7-9-14/h5-9,12H,10H2,1-4H3,(H,18,23)(H,19,22)/t12-/m0/s1. The molecule has 1 atom stereocenters. The number of alkyl carbamates (subject to hydrolysis) is 1. The number of hydrogen-bond donors (Lipinski definition) is 2. The maximum Gasteiger partial charge on any atom is 0.408 e. The first kappa shape index (κ1) is 17.5. The van der Waals surface area contributed by atoms with E-state index >= 15 is 0 Å². The number of aryl methyl sites for hydroxylation is 2. The second kappa shape index (κ2) is 7.63. The number of carbonyl (C=O) groups is 2. The van der Waals surface area contributed by atoms with Crippen molar-refractivity contribution in [2.75, 3.05) is 5.32 Å². The number of nitrogens with zero attached hydrogens (tertiary/aromatic N) is 2. The van der Waals surface area contributed by atoms with Crippen molar-refractivity contribution in [3.8, 4) is 0 Å². The summed E-state index contributed by atoms with van der Waals surface area (Å²) in [5.41, 5.74) is 3.11. The van der Waals surface area contributed by atoms with E-state index in [1.165, 1.54) is 0 Å². The van der Waals surface area contributed by atoms with E-state index in [2.05, 4.69) is 15.7 Å². The van der Waals surface area contributed by atoms with E-state index in [9.17, 15) is 9.59 Å². The van der Waals surface area contributed by atoms with Gasteiger partial charge in [0.15, 0.2) is 0 Å². The number of aromatic nitrogens is 2. The lowest BCUT2D eigenvalue weighted by Crippen LogP contribution is -2.41. The number of benzene rings is 1. The van der Waals surface area contributed by atoms with E-state index in [-0.39, 0.29) is 12.5 Å². The van der Waals surface area contributed by atoms with Crippen LogP contribution >= 0.6 is 0 Å². The molecule has 128 valence electrons. The molecule has 1 aromatic carbocycles. The smallest absolute Gasteiger partial charge is 0.408 e. The SMILES string of the molecule is Cc1nn(C)c(C)c1NC(=O)[C@H](C)NC(=O)OCc1ccccc1. The summed E-state index contributed by atoms with van der Waals surface area (Å²) >= 11 is 0. The van der Waals surface area contributed by atoms with E-state index in [1.807, 2.05) is 44.2 Å². The van der Waals surface area contributed by atoms with Gasteiger partial charge in [-0.2, -0.15) is 5.10 Å². The molecule has 0 bridgehead atoms. The Balaban J connectivity index is 1.85. The van der Waals surface area contributed by atoms with Gasteiger partial charge in [0, 0.05) is 7.05 Å². The molecule has 0 spiro atoms. The molecule has 1 heterocycles. The van der Waals surface area contributed by atoms with Gasteiger partial charge in [0.05, 0.1) is 17.1 Å². The molecule has 7 nitrogen and oxygen atoms in total. The summed E-state index contributed by atoms with van der Waals surface area (Å²) in [6, 6.07) is 8.61. The third-order valence-corrected chi connectivity index (χ3v) is 3.70. The van der Waals surface area contributed by atoms with E-state index in [0.717, 1.165) is 17.0 Å². The van der Waals surface area contributed by atoms with Gasteiger partial charge in [0.2, 0.25) is 5.91 Å². The fourth-order valence-electron chi connectivity index (χ4n) is 2.19. The van der Waals surface area contributed by atoms with Crippen molar-refractivity contribution in [1.82, 2.24) is 15.1 Å². The van der Waals surface area contributed by atoms with Crippen LogP contribution in [0.5, 0.6) is 0 Å². The number of nitrogens with one attached hydrogen (secondary N) is 2. The second-order valence-electron chi connectivity index (χ2n) is 5.59. The van der Waals surface area contributed by atoms with Crippen LogP contribution in [0.3, 0.4) is 0 Å². The summed E-state index contributed by atoms with van der Waals surface area (Å²) in [5.74, 6) is -0.328. The van der Waals surface area contributed by atoms with E-state index in [0.29, 0.717) is 5.69 Å². The first-order valence-electron chi connectivity index (χ1n) is 7.66. The minimum atomic E-state index is -0.729. The highest BCUT2D eigenvalue weighted by molar-refractivity contribution is 5.97. The Labute approximate surface area is 141 Å². The van der Waals surface area contributed by atoms with Crippen molar-refractivity contribution < 1.29 is 14.3 Å². The molecule has 0 aliphatic heterocycles. The molecule has 0 fully saturated rings. The van der Waals surface area contributed by atoms with Crippen LogP contribution < -0.4 is 10.6 Å². The Hall–Kier alpha value is -2.83. The minimum absolute atomic E-state index is 0.155. The van der Waals surface area contributed by atoms with Crippen molar-refractivity contribution in [2.45, 2.75) is 33.4 Å². The number of rotatable bonds is 5. The van der Waals surface area contributed by atoms with Crippen molar-refractivity contribution in [3.05, 3.63) is 47.3 Å². The van der Waals surface area contributed by atoms with Gasteiger partial charge in [-0.05, 0) is 26.3 Å². The van der Waals surface area contributed by atoms with Crippen LogP contribution in [0.1, 0.15) is 23.9 Å². The topological polar surface area (TPSA) is 85.3 Å². The molecule has 2 aromatic rings. The summed E-state index contributed by atoms with van der Waals surface area (Å²) in [6.07, 6.45) is -0.638. The first-order valence-corrected chi connectivity index (χ1v) is 7.66. The van der Waals surface area contributed by atoms with Crippen LogP contribution in [-0.2, 0) is 23.2 Å². The molecular weight excluding hydrogens is 308 g/mol. The van der Waals surface area contributed by atoms with Gasteiger partial charge in [-0.3, -0.25) is 9.48 Å². The normalized spacial score (nSPS) is 11.7. The lowest BCUT2D eigenvalue weighted by Gasteiger charge is -2.14. The Morgan fingerprint density at radius 2 is 1.92 bits per heavy atom. The van der Waals surface area contributed by atoms with Gasteiger partial charge in [-0.1, -0.05) is 30.3 Å². The quantitative estimate of drug-likeness (QED) is 0.881. The van der Waals surface area contributed by atoms with Gasteiger partial charge in [0.25, 0.3) is 0 Å². The molecule has 7 heteroatoms. The van der Waals surface area contributed by atoms with Gasteiger partial charge < -0.3 is 15.4 Å². The zero-order valence-electron chi connectivity index (χ0n) is 14.3. The average Bonchev–Trinajstić information content (AvgIpc) is 2.80. The van der Waals surface area contributed by atoms with Gasteiger partial charge >= 0.3 is 6.09 Å². The molecule has 0 aliphatic rings. The van der Waals surface area contributed by atoms with Crippen molar-refractivity contribution in [1.29, 1.82) is 0 Å². The van der Waals surface area contributed by atoms with Crippen molar-refractivity contribution >= 4 is 17.7 Å². The minimum Gasteiger partial charge on any atom is -0.445 e. The molecule has 0 aliphatic carbocycles. The van der Waals surface area contributed by atoms with E-state index < -0.39 is 12.1 Å². The summed E-state index contributed by atoms with van der Waals surface area (Å²) in [4.78, 5) is 24.0. The predicted molar refractivity (Wildman–Crippen MR) is 90.5 cm³/mol. The Bertz CT molecular complexity index is 725. The summed E-state index contributed by atoms with van der Waals surface area (Å²) < 4.78 is 6.80. The maximum absolute atomic E-state index is 12.2. The zero-order chi connectivity index (χ0) is 17.7. The molecule has 24 heavy (non-hydrogen) atoms. The second-order valence-corrected chi connectivity index (χ2v) is 5.59. The molecule has 0 saturated carbocycles. The highest BCUT2D eigenvalue weighted by atomic mass is 16.5. The highest BCUT2D eigenvalue weighted by Crippen LogP contribution is 2.18. The Kier molecular flexibility index (Phi) is 5.57. The van der Waals surface area contributed by atoms with Gasteiger partial charge in [-0.25, -0.2) is 4.79 Å². The lowest BCUT2D eigenvalue weighted by molar-refractivity contribution is -0.117. The number of amides is 2. The monoisotopic (exact) mass is 330 g/mol. The third-order valence-electron chi connectivity index (χ3n) is 3.70. The largest absolute Gasteiger partial charge is 0.445 e. The molecule has 0 radical (unpaired) electrons. The highest BCUT2D eigenvalue weighted by Gasteiger charge is 2.19. The molecule has 2 N–H and O–H groups in total. The molecule has 0 unspecified atom stereocenters. The summed E-state index contributed by atoms with van der Waals surface area (Å²) in [6.45, 7) is 5.43. The zero-order valence-corrected chi connectivity index (χ0v) is 14.3. The van der Waals surface area contributed by atoms with Crippen LogP contribution in [0.2, 0.25) is 0 Å². The summed E-state index contributed by atoms with van der Waals surface area (Å²) in [7, 11) is 1.81. The van der Waals surface area contributed by atoms with E-state index in [4.69, 9.17) is 4.74 Å². The number of carbonyl (C=O) groups excluding carboxylic acids is 2. The number of anilines is 1. The van der Waals surface area contributed by atoms with Crippen LogP contribution in [0.25, 0.3) is 0 Å². The fourth-order valence-corrected chi connectivity index (χ4v) is 2.19. The molecule has 0 saturated heterocycles. The van der Waals surface area contributed by atoms with Crippen LogP contribution in [0, 0.1) is 13.8 Å². The third kappa shape index (κ3) is 4.34. The Morgan fingerprint density at radius 1 is 1.25 bits per heavy atom. The Morgan fingerprint density at radius 3 is 2.50 bits per heavy atom. The fraction of sp³-hybridized carbons (Fsp3) is 0.353. The molecular formula is C17H22N4O3. The molecule has 2 amide bonds. The van der Waals surface area contributed by atoms with Gasteiger partial charge in [0.1, 0.15) is 12.6 Å². The summed E-state index contributed by atoms with van der Waals surface area (Å²) in [5, 5.41) is 9.54.